The van der Waals surface area contributed by atoms with E-state index >= 15 is 0 Å². The number of carbonyl (C=O) groups excluding carboxylic acids is 3. The molecule has 3 fully saturated rings. The third kappa shape index (κ3) is 22.0. The Hall–Kier alpha value is -5.33. The normalized spacial score (nSPS) is 26.0. The van der Waals surface area contributed by atoms with E-state index in [-0.39, 0.29) is 47.2 Å². The first-order chi connectivity index (χ1) is 34.6. The lowest BCUT2D eigenvalue weighted by molar-refractivity contribution is -0.152. The lowest BCUT2D eigenvalue weighted by Gasteiger charge is -2.44. The van der Waals surface area contributed by atoms with E-state index < -0.39 is 16.8 Å². The summed E-state index contributed by atoms with van der Waals surface area (Å²) in [5.74, 6) is -0.672. The molecule has 7 nitrogen and oxygen atoms in total. The van der Waals surface area contributed by atoms with Crippen LogP contribution in [0.2, 0.25) is 0 Å². The molecule has 0 unspecified atom stereocenters. The molecule has 0 spiro atoms. The van der Waals surface area contributed by atoms with Crippen molar-refractivity contribution in [3.05, 3.63) is 173 Å². The minimum atomic E-state index is -1.12. The average Bonchev–Trinajstić information content (AvgIpc) is 3.91. The summed E-state index contributed by atoms with van der Waals surface area (Å²) in [5, 5.41) is 11.2. The molecule has 3 aliphatic rings. The number of hydrogen-bond donors (Lipinski definition) is 1. The van der Waals surface area contributed by atoms with Gasteiger partial charge in [0.25, 0.3) is 0 Å². The van der Waals surface area contributed by atoms with Gasteiger partial charge in [-0.25, -0.2) is 4.79 Å². The quantitative estimate of drug-likeness (QED) is 0.0208. The van der Waals surface area contributed by atoms with Crippen LogP contribution in [0.1, 0.15) is 179 Å². The Bertz CT molecular complexity index is 2290. The Morgan fingerprint density at radius 1 is 0.589 bits per heavy atom. The summed E-state index contributed by atoms with van der Waals surface area (Å²) in [5.41, 5.74) is 4.91. The van der Waals surface area contributed by atoms with E-state index in [1.807, 2.05) is 158 Å². The third-order valence-electron chi connectivity index (χ3n) is 14.2. The third-order valence-corrected chi connectivity index (χ3v) is 14.2. The van der Waals surface area contributed by atoms with Crippen LogP contribution in [0, 0.1) is 10.8 Å². The van der Waals surface area contributed by atoms with Gasteiger partial charge in [-0.05, 0) is 89.9 Å². The van der Waals surface area contributed by atoms with Gasteiger partial charge >= 0.3 is 11.9 Å². The van der Waals surface area contributed by atoms with E-state index in [2.05, 4.69) is 44.7 Å². The zero-order valence-corrected chi connectivity index (χ0v) is 46.9. The molecule has 73 heavy (non-hydrogen) atoms. The zero-order valence-electron chi connectivity index (χ0n) is 46.9. The molecule has 1 aliphatic heterocycles. The molecular formula is C66H92O7. The van der Waals surface area contributed by atoms with Gasteiger partial charge in [0.05, 0.1) is 11.2 Å². The number of fused-ring (bicyclic) bond motifs is 1. The number of ketones is 1. The highest BCUT2D eigenvalue weighted by Gasteiger charge is 2.76. The number of hydrogen-bond acceptors (Lipinski definition) is 7. The zero-order chi connectivity index (χ0) is 54.0. The second-order valence-corrected chi connectivity index (χ2v) is 22.2. The van der Waals surface area contributed by atoms with Crippen molar-refractivity contribution in [3.8, 4) is 0 Å². The van der Waals surface area contributed by atoms with Crippen LogP contribution >= 0.6 is 0 Å². The van der Waals surface area contributed by atoms with Gasteiger partial charge in [-0.2, -0.15) is 0 Å². The summed E-state index contributed by atoms with van der Waals surface area (Å²) in [6, 6.07) is 0. The summed E-state index contributed by atoms with van der Waals surface area (Å²) >= 11 is 0. The van der Waals surface area contributed by atoms with Crippen molar-refractivity contribution >= 4 is 17.7 Å². The van der Waals surface area contributed by atoms with Crippen LogP contribution in [-0.4, -0.2) is 51.8 Å². The molecule has 0 aromatic heterocycles. The smallest absolute Gasteiger partial charge is 0.331 e. The number of rotatable bonds is 28. The van der Waals surface area contributed by atoms with E-state index in [0.29, 0.717) is 31.3 Å². The Kier molecular flexibility index (Phi) is 26.1. The molecule has 0 amide bonds. The van der Waals surface area contributed by atoms with Gasteiger partial charge in [0.15, 0.2) is 5.78 Å². The van der Waals surface area contributed by atoms with Gasteiger partial charge in [-0.3, -0.25) is 9.59 Å². The molecule has 1 heterocycles. The minimum Gasteiger partial charge on any atom is -0.462 e. The SMILES string of the molecule is CCCCCCCCCCC/C=C/C=C/C=C/C=C/C=C/C=C/C(=O)O[C@H]1CC(C)(C)[C@]2(CC(=O)/C(C)=C/C=C/C(C)=C/C=C/C=C(C)/C=C/C=C(\C)C=C=C3C(C)(C)C[C@H](OC(C)=O)C[C@@]3(C)O)O[C@]2(C)C1. The second kappa shape index (κ2) is 30.8. The average molecular weight is 997 g/mol. The van der Waals surface area contributed by atoms with Crippen molar-refractivity contribution in [2.75, 3.05) is 0 Å². The first-order valence-corrected chi connectivity index (χ1v) is 27.1. The van der Waals surface area contributed by atoms with Gasteiger partial charge in [0.1, 0.15) is 17.8 Å². The maximum Gasteiger partial charge on any atom is 0.331 e. The fraction of sp³-hybridized carbons (Fsp3) is 0.515. The van der Waals surface area contributed by atoms with Crippen LogP contribution < -0.4 is 0 Å². The number of esters is 2. The number of carbonyl (C=O) groups is 3. The topological polar surface area (TPSA) is 102 Å². The van der Waals surface area contributed by atoms with E-state index in [1.165, 1.54) is 70.8 Å². The van der Waals surface area contributed by atoms with E-state index in [0.717, 1.165) is 28.7 Å². The molecule has 7 heteroatoms. The molecule has 2 saturated carbocycles. The summed E-state index contributed by atoms with van der Waals surface area (Å²) in [6.45, 7) is 23.7. The Morgan fingerprint density at radius 2 is 1.11 bits per heavy atom. The summed E-state index contributed by atoms with van der Waals surface area (Å²) in [6.07, 6.45) is 60.0. The lowest BCUT2D eigenvalue weighted by atomic mass is 9.61. The van der Waals surface area contributed by atoms with Crippen LogP contribution in [-0.2, 0) is 28.6 Å². The molecule has 3 rings (SSSR count). The standard InChI is InChI=1S/C66H92O7/c1-13-14-15-16-17-18-19-20-21-22-23-24-25-26-27-28-29-30-31-32-33-44-61(69)72-58-48-63(9,10)66(65(12,50-58)73-66)51-59(68)55(5)43-37-42-53(3)39-35-34-38-52(2)40-36-41-54(4)45-46-60-62(7,8)47-57(71-56(6)67)49-64(60,11)70/h23-45,57-58,70H,13-22,47-51H2,1-12H3/b24-23+,26-25+,28-27+,30-29+,32-31+,35-34+,40-36+,42-37+,44-33+,52-38+,53-39+,54-41+,55-43+/t46?,57-,58-,64+,65+,66-/m0/s1. The summed E-state index contributed by atoms with van der Waals surface area (Å²) < 4.78 is 17.8. The van der Waals surface area contributed by atoms with Gasteiger partial charge in [0.2, 0.25) is 0 Å². The molecule has 0 aromatic carbocycles. The fourth-order valence-corrected chi connectivity index (χ4v) is 10.4. The fourth-order valence-electron chi connectivity index (χ4n) is 10.4. The Labute approximate surface area is 442 Å². The van der Waals surface area contributed by atoms with Crippen LogP contribution in [0.15, 0.2) is 173 Å². The number of allylic oxidation sites excluding steroid dienone is 25. The summed E-state index contributed by atoms with van der Waals surface area (Å²) in [7, 11) is 0. The molecule has 0 radical (unpaired) electrons. The highest BCUT2D eigenvalue weighted by molar-refractivity contribution is 5.96. The number of aliphatic hydroxyl groups is 1. The maximum absolute atomic E-state index is 13.6. The Morgan fingerprint density at radius 3 is 1.67 bits per heavy atom. The number of unbranched alkanes of at least 4 members (excludes halogenated alkanes) is 9. The van der Waals surface area contributed by atoms with Gasteiger partial charge < -0.3 is 19.3 Å². The number of ether oxygens (including phenoxy) is 3. The van der Waals surface area contributed by atoms with Gasteiger partial charge in [0, 0.05) is 43.3 Å². The predicted octanol–water partition coefficient (Wildman–Crippen LogP) is 16.5. The lowest BCUT2D eigenvalue weighted by Crippen LogP contribution is -2.49. The first-order valence-electron chi connectivity index (χ1n) is 27.1. The predicted molar refractivity (Wildman–Crippen MR) is 305 cm³/mol. The molecule has 2 aliphatic carbocycles. The van der Waals surface area contributed by atoms with Crippen LogP contribution in [0.5, 0.6) is 0 Å². The van der Waals surface area contributed by atoms with E-state index in [1.54, 1.807) is 13.0 Å². The molecule has 1 saturated heterocycles. The highest BCUT2D eigenvalue weighted by Crippen LogP contribution is 2.67. The van der Waals surface area contributed by atoms with Gasteiger partial charge in [-0.1, -0.05) is 225 Å². The van der Waals surface area contributed by atoms with E-state index in [4.69, 9.17) is 14.2 Å². The number of epoxide rings is 1. The molecular weight excluding hydrogens is 905 g/mol. The first kappa shape index (κ1) is 62.0. The molecule has 0 aromatic rings. The largest absolute Gasteiger partial charge is 0.462 e. The van der Waals surface area contributed by atoms with Crippen molar-refractivity contribution in [2.45, 2.75) is 208 Å². The number of Topliss-reactive ketones (excluding diaryl/α,β-unsaturated/α-hetero) is 1. The van der Waals surface area contributed by atoms with Crippen molar-refractivity contribution in [1.82, 2.24) is 0 Å². The van der Waals surface area contributed by atoms with Crippen LogP contribution in [0.3, 0.4) is 0 Å². The van der Waals surface area contributed by atoms with Gasteiger partial charge in [-0.15, -0.1) is 5.73 Å². The molecule has 1 N–H and O–H groups in total. The van der Waals surface area contributed by atoms with Crippen molar-refractivity contribution < 1.29 is 33.7 Å². The van der Waals surface area contributed by atoms with Crippen molar-refractivity contribution in [3.63, 3.8) is 0 Å². The van der Waals surface area contributed by atoms with Crippen molar-refractivity contribution in [2.24, 2.45) is 10.8 Å². The van der Waals surface area contributed by atoms with Crippen molar-refractivity contribution in [1.29, 1.82) is 0 Å². The maximum atomic E-state index is 13.6. The summed E-state index contributed by atoms with van der Waals surface area (Å²) in [4.78, 5) is 37.9. The van der Waals surface area contributed by atoms with Crippen LogP contribution in [0.4, 0.5) is 0 Å². The molecule has 398 valence electrons. The Balaban J connectivity index is 1.40. The van der Waals surface area contributed by atoms with E-state index in [9.17, 15) is 19.5 Å². The molecule has 0 bridgehead atoms. The molecule has 5 atom stereocenters. The highest BCUT2D eigenvalue weighted by atomic mass is 16.6. The second-order valence-electron chi connectivity index (χ2n) is 22.2. The monoisotopic (exact) mass is 997 g/mol. The van der Waals surface area contributed by atoms with Crippen LogP contribution in [0.25, 0.3) is 0 Å². The minimum absolute atomic E-state index is 0.0462.